The van der Waals surface area contributed by atoms with E-state index in [4.69, 9.17) is 14.2 Å². The summed E-state index contributed by atoms with van der Waals surface area (Å²) >= 11 is 0. The van der Waals surface area contributed by atoms with Crippen LogP contribution in [0.4, 0.5) is 0 Å². The Bertz CT molecular complexity index is 955. The summed E-state index contributed by atoms with van der Waals surface area (Å²) in [6, 6.07) is 12.8. The Balaban J connectivity index is 1.63. The lowest BCUT2D eigenvalue weighted by Crippen LogP contribution is -2.55. The first kappa shape index (κ1) is 20.6. The molecule has 2 heterocycles. The fourth-order valence-electron chi connectivity index (χ4n) is 3.84. The first-order valence-electron chi connectivity index (χ1n) is 9.73. The molecule has 30 heavy (non-hydrogen) atoms. The van der Waals surface area contributed by atoms with E-state index in [2.05, 4.69) is 6.07 Å². The summed E-state index contributed by atoms with van der Waals surface area (Å²) < 4.78 is 16.8. The summed E-state index contributed by atoms with van der Waals surface area (Å²) in [5.74, 6) is 1.34. The molecule has 4 rings (SSSR count). The van der Waals surface area contributed by atoms with Gasteiger partial charge in [-0.25, -0.2) is 0 Å². The van der Waals surface area contributed by atoms with Crippen LogP contribution in [0.15, 0.2) is 36.4 Å². The standard InChI is InChI=1S/C22H23NO7/c23-10-14-3-2-13(22-21(27)20(26)19(25)18(11-24)30-22)9-15(14)7-12-1-4-16-17(8-12)29-6-5-28-16/h1-4,8-9,18-22,24-27H,5-7,11H2. The molecule has 8 heteroatoms. The molecule has 4 N–H and O–H groups in total. The van der Waals surface area contributed by atoms with Crippen LogP contribution >= 0.6 is 0 Å². The van der Waals surface area contributed by atoms with Crippen LogP contribution in [-0.4, -0.2) is 64.7 Å². The number of nitriles is 1. The van der Waals surface area contributed by atoms with Gasteiger partial charge in [-0.05, 0) is 41.3 Å². The minimum absolute atomic E-state index is 0.435. The predicted octanol–water partition coefficient (Wildman–Crippen LogP) is 0.435. The van der Waals surface area contributed by atoms with Gasteiger partial charge in [0.25, 0.3) is 0 Å². The van der Waals surface area contributed by atoms with Crippen molar-refractivity contribution in [2.75, 3.05) is 19.8 Å². The van der Waals surface area contributed by atoms with E-state index in [1.165, 1.54) is 0 Å². The number of hydrogen-bond acceptors (Lipinski definition) is 8. The van der Waals surface area contributed by atoms with Gasteiger partial charge in [0.05, 0.1) is 18.2 Å². The highest BCUT2D eigenvalue weighted by molar-refractivity contribution is 5.48. The van der Waals surface area contributed by atoms with E-state index >= 15 is 0 Å². The molecule has 0 bridgehead atoms. The Morgan fingerprint density at radius 2 is 1.70 bits per heavy atom. The highest BCUT2D eigenvalue weighted by Crippen LogP contribution is 2.35. The Morgan fingerprint density at radius 3 is 2.43 bits per heavy atom. The zero-order valence-electron chi connectivity index (χ0n) is 16.1. The second-order valence-corrected chi connectivity index (χ2v) is 7.43. The molecule has 0 aromatic heterocycles. The molecular formula is C22H23NO7. The third-order valence-electron chi connectivity index (χ3n) is 5.47. The van der Waals surface area contributed by atoms with Gasteiger partial charge in [0.2, 0.25) is 0 Å². The van der Waals surface area contributed by atoms with Crippen molar-refractivity contribution < 1.29 is 34.6 Å². The lowest BCUT2D eigenvalue weighted by molar-refractivity contribution is -0.231. The van der Waals surface area contributed by atoms with E-state index in [-0.39, 0.29) is 0 Å². The Kier molecular flexibility index (Phi) is 5.90. The number of aliphatic hydroxyl groups is 4. The van der Waals surface area contributed by atoms with E-state index in [9.17, 15) is 25.7 Å². The van der Waals surface area contributed by atoms with Crippen LogP contribution in [0.1, 0.15) is 28.4 Å². The van der Waals surface area contributed by atoms with Crippen molar-refractivity contribution in [2.24, 2.45) is 0 Å². The number of hydrogen-bond donors (Lipinski definition) is 4. The van der Waals surface area contributed by atoms with E-state index in [0.717, 1.165) is 5.56 Å². The average Bonchev–Trinajstić information content (AvgIpc) is 2.77. The van der Waals surface area contributed by atoms with Gasteiger partial charge in [-0.1, -0.05) is 18.2 Å². The minimum atomic E-state index is -1.46. The molecule has 8 nitrogen and oxygen atoms in total. The topological polar surface area (TPSA) is 132 Å². The van der Waals surface area contributed by atoms with Crippen molar-refractivity contribution >= 4 is 0 Å². The summed E-state index contributed by atoms with van der Waals surface area (Å²) in [5, 5.41) is 49.4. The summed E-state index contributed by atoms with van der Waals surface area (Å²) in [6.45, 7) is 0.486. The molecule has 5 atom stereocenters. The maximum atomic E-state index is 10.4. The largest absolute Gasteiger partial charge is 0.486 e. The number of benzene rings is 2. The third kappa shape index (κ3) is 3.86. The van der Waals surface area contributed by atoms with Gasteiger partial charge in [-0.3, -0.25) is 0 Å². The monoisotopic (exact) mass is 413 g/mol. The van der Waals surface area contributed by atoms with Gasteiger partial charge in [-0.2, -0.15) is 5.26 Å². The van der Waals surface area contributed by atoms with E-state index in [1.807, 2.05) is 18.2 Å². The Hall–Kier alpha value is -2.67. The summed E-state index contributed by atoms with van der Waals surface area (Å²) in [4.78, 5) is 0. The average molecular weight is 413 g/mol. The second-order valence-electron chi connectivity index (χ2n) is 7.43. The van der Waals surface area contributed by atoms with E-state index in [1.54, 1.807) is 18.2 Å². The molecule has 1 fully saturated rings. The highest BCUT2D eigenvalue weighted by atomic mass is 16.6. The van der Waals surface area contributed by atoms with Crippen LogP contribution in [0.5, 0.6) is 11.5 Å². The molecule has 0 amide bonds. The molecule has 1 saturated heterocycles. The Morgan fingerprint density at radius 1 is 0.933 bits per heavy atom. The van der Waals surface area contributed by atoms with E-state index in [0.29, 0.717) is 47.8 Å². The summed E-state index contributed by atoms with van der Waals surface area (Å²) in [5.41, 5.74) is 2.64. The molecule has 0 saturated carbocycles. The minimum Gasteiger partial charge on any atom is -0.486 e. The molecule has 2 aromatic rings. The lowest BCUT2D eigenvalue weighted by Gasteiger charge is -2.40. The number of rotatable bonds is 4. The van der Waals surface area contributed by atoms with Gasteiger partial charge in [0.15, 0.2) is 11.5 Å². The molecule has 2 aromatic carbocycles. The number of aliphatic hydroxyl groups excluding tert-OH is 4. The van der Waals surface area contributed by atoms with Crippen LogP contribution in [-0.2, 0) is 11.2 Å². The van der Waals surface area contributed by atoms with Crippen LogP contribution in [0.2, 0.25) is 0 Å². The molecule has 2 aliphatic rings. The maximum Gasteiger partial charge on any atom is 0.161 e. The van der Waals surface area contributed by atoms with Gasteiger partial charge < -0.3 is 34.6 Å². The predicted molar refractivity (Wildman–Crippen MR) is 104 cm³/mol. The van der Waals surface area contributed by atoms with Gasteiger partial charge in [-0.15, -0.1) is 0 Å². The molecular weight excluding hydrogens is 390 g/mol. The van der Waals surface area contributed by atoms with Gasteiger partial charge in [0.1, 0.15) is 43.7 Å². The van der Waals surface area contributed by atoms with Crippen molar-refractivity contribution in [1.82, 2.24) is 0 Å². The summed E-state index contributed by atoms with van der Waals surface area (Å²) in [7, 11) is 0. The van der Waals surface area contributed by atoms with E-state index < -0.39 is 37.1 Å². The molecule has 0 aliphatic carbocycles. The zero-order chi connectivity index (χ0) is 21.3. The lowest BCUT2D eigenvalue weighted by atomic mass is 9.89. The molecule has 0 spiro atoms. The highest BCUT2D eigenvalue weighted by Gasteiger charge is 2.44. The zero-order valence-corrected chi connectivity index (χ0v) is 16.1. The summed E-state index contributed by atoms with van der Waals surface area (Å²) in [6.07, 6.45) is -5.77. The smallest absolute Gasteiger partial charge is 0.161 e. The number of ether oxygens (including phenoxy) is 3. The normalized spacial score (nSPS) is 28.0. The fourth-order valence-corrected chi connectivity index (χ4v) is 3.84. The molecule has 0 radical (unpaired) electrons. The Labute approximate surface area is 173 Å². The van der Waals surface area contributed by atoms with Crippen LogP contribution in [0.25, 0.3) is 0 Å². The molecule has 5 unspecified atom stereocenters. The third-order valence-corrected chi connectivity index (χ3v) is 5.47. The molecule has 2 aliphatic heterocycles. The van der Waals surface area contributed by atoms with Crippen LogP contribution < -0.4 is 9.47 Å². The van der Waals surface area contributed by atoms with Crippen molar-refractivity contribution in [2.45, 2.75) is 36.9 Å². The van der Waals surface area contributed by atoms with Crippen molar-refractivity contribution in [1.29, 1.82) is 5.26 Å². The SMILES string of the molecule is N#Cc1ccc(C2OC(CO)C(O)C(O)C2O)cc1Cc1ccc2c(c1)OCCO2. The first-order valence-corrected chi connectivity index (χ1v) is 9.73. The van der Waals surface area contributed by atoms with Crippen molar-refractivity contribution in [3.8, 4) is 17.6 Å². The quantitative estimate of drug-likeness (QED) is 0.568. The number of fused-ring (bicyclic) bond motifs is 1. The fraction of sp³-hybridized carbons (Fsp3) is 0.409. The van der Waals surface area contributed by atoms with Crippen molar-refractivity contribution in [3.05, 3.63) is 58.7 Å². The first-order chi connectivity index (χ1) is 14.5. The maximum absolute atomic E-state index is 10.4. The second kappa shape index (κ2) is 8.60. The van der Waals surface area contributed by atoms with Crippen molar-refractivity contribution in [3.63, 3.8) is 0 Å². The van der Waals surface area contributed by atoms with Gasteiger partial charge in [0, 0.05) is 0 Å². The van der Waals surface area contributed by atoms with Gasteiger partial charge >= 0.3 is 0 Å². The van der Waals surface area contributed by atoms with Crippen LogP contribution in [0.3, 0.4) is 0 Å². The number of nitrogens with zero attached hydrogens (tertiary/aromatic N) is 1. The molecule has 158 valence electrons. The van der Waals surface area contributed by atoms with Crippen LogP contribution in [0, 0.1) is 11.3 Å².